The molecule has 21 heteroatoms. The highest BCUT2D eigenvalue weighted by atomic mass is 19.4. The molecular formula is C22H31F13N2O6. The number of halogens is 13. The number of hydrogen-bond acceptors (Lipinski definition) is 8. The molecule has 0 spiro atoms. The number of rotatable bonds is 7. The van der Waals surface area contributed by atoms with Gasteiger partial charge in [-0.05, 0) is 13.8 Å². The Hall–Kier alpha value is -1.97. The molecule has 2 aliphatic rings. The molecule has 0 atom stereocenters. The van der Waals surface area contributed by atoms with E-state index in [0.717, 1.165) is 32.8 Å². The van der Waals surface area contributed by atoms with Gasteiger partial charge in [0.2, 0.25) is 5.41 Å². The van der Waals surface area contributed by atoms with E-state index in [9.17, 15) is 66.7 Å². The van der Waals surface area contributed by atoms with E-state index in [0.29, 0.717) is 26.3 Å². The van der Waals surface area contributed by atoms with Gasteiger partial charge in [0.25, 0.3) is 5.41 Å². The second kappa shape index (κ2) is 16.4. The summed E-state index contributed by atoms with van der Waals surface area (Å²) in [5.41, 5.74) is -9.45. The maximum Gasteiger partial charge on any atom is 0.413 e. The van der Waals surface area contributed by atoms with Crippen LogP contribution in [0, 0.1) is 10.8 Å². The quantitative estimate of drug-likeness (QED) is 0.249. The highest BCUT2D eigenvalue weighted by Gasteiger charge is 2.74. The third kappa shape index (κ3) is 11.5. The van der Waals surface area contributed by atoms with E-state index in [-0.39, 0.29) is 20.1 Å². The van der Waals surface area contributed by atoms with Crippen LogP contribution in [0.2, 0.25) is 0 Å². The van der Waals surface area contributed by atoms with E-state index in [1.54, 1.807) is 4.90 Å². The Balaban J connectivity index is 0.000000680. The molecule has 0 bridgehead atoms. The molecular weight excluding hydrogens is 635 g/mol. The summed E-state index contributed by atoms with van der Waals surface area (Å²) in [6.45, 7) is 5.18. The highest BCUT2D eigenvalue weighted by Crippen LogP contribution is 2.51. The summed E-state index contributed by atoms with van der Waals surface area (Å²) >= 11 is 0. The van der Waals surface area contributed by atoms with Crippen LogP contribution >= 0.6 is 0 Å². The summed E-state index contributed by atoms with van der Waals surface area (Å²) in [6.07, 6.45) is -23.5. The van der Waals surface area contributed by atoms with Crippen LogP contribution in [-0.2, 0) is 23.8 Å². The predicted molar refractivity (Wildman–Crippen MR) is 119 cm³/mol. The van der Waals surface area contributed by atoms with Crippen molar-refractivity contribution in [3.05, 3.63) is 0 Å². The van der Waals surface area contributed by atoms with E-state index >= 15 is 0 Å². The van der Waals surface area contributed by atoms with Crippen molar-refractivity contribution in [2.75, 3.05) is 78.9 Å². The van der Waals surface area contributed by atoms with Crippen molar-refractivity contribution in [2.24, 2.45) is 10.8 Å². The van der Waals surface area contributed by atoms with Crippen molar-refractivity contribution in [3.8, 4) is 0 Å². The Kier molecular flexibility index (Phi) is 15.6. The number of alkyl halides is 12. The molecule has 43 heavy (non-hydrogen) atoms. The molecule has 0 aliphatic carbocycles. The summed E-state index contributed by atoms with van der Waals surface area (Å²) < 4.78 is 172. The number of morpholine rings is 2. The fourth-order valence-electron chi connectivity index (χ4n) is 2.98. The first-order chi connectivity index (χ1) is 19.4. The van der Waals surface area contributed by atoms with Gasteiger partial charge in [0, 0.05) is 39.3 Å². The summed E-state index contributed by atoms with van der Waals surface area (Å²) in [7, 11) is 0. The largest absolute Gasteiger partial charge is 0.463 e. The van der Waals surface area contributed by atoms with Gasteiger partial charge in [-0.25, -0.2) is 0 Å². The van der Waals surface area contributed by atoms with E-state index in [1.807, 2.05) is 0 Å². The molecule has 0 radical (unpaired) electrons. The Morgan fingerprint density at radius 2 is 0.977 bits per heavy atom. The number of carbonyl (C=O) groups is 2. The van der Waals surface area contributed by atoms with Crippen molar-refractivity contribution in [1.82, 2.24) is 9.80 Å². The third-order valence-corrected chi connectivity index (χ3v) is 6.33. The fourth-order valence-corrected chi connectivity index (χ4v) is 2.98. The zero-order valence-corrected chi connectivity index (χ0v) is 22.8. The first-order valence-electron chi connectivity index (χ1n) is 12.2. The number of aliphatic hydroxyl groups excluding tert-OH is 1. The molecule has 2 fully saturated rings. The molecule has 0 aromatic rings. The Morgan fingerprint density at radius 1 is 0.651 bits per heavy atom. The van der Waals surface area contributed by atoms with Gasteiger partial charge in [-0.15, -0.1) is 0 Å². The molecule has 2 heterocycles. The SMILES string of the molecule is CC(C(=O)F)(C(F)(F)F)C(F)(F)F.CC(C(=O)OCCN1CCOCC1)(C(F)(F)F)C(F)(F)F.OCCN1CCOCC1. The Labute approximate surface area is 237 Å². The van der Waals surface area contributed by atoms with Gasteiger partial charge in [-0.1, -0.05) is 0 Å². The van der Waals surface area contributed by atoms with Crippen LogP contribution in [0.15, 0.2) is 0 Å². The lowest BCUT2D eigenvalue weighted by atomic mass is 9.89. The van der Waals surface area contributed by atoms with Crippen LogP contribution in [0.3, 0.4) is 0 Å². The van der Waals surface area contributed by atoms with Crippen LogP contribution in [0.4, 0.5) is 57.1 Å². The minimum absolute atomic E-state index is 0.0564. The standard InChI is InChI=1S/C11H15F6NO3.C6H13NO2.C5H3F7O/c1-9(10(12,13)14,11(15,16)17)8(19)21-7-4-18-2-5-20-6-3-18;8-4-1-7-2-5-9-6-3-7;1-3(2(6)13,4(7,8)9)5(10,11)12/h2-7H2,1H3;8H,1-6H2;1H3. The van der Waals surface area contributed by atoms with Gasteiger partial charge >= 0.3 is 36.7 Å². The summed E-state index contributed by atoms with van der Waals surface area (Å²) in [4.78, 5) is 24.9. The molecule has 256 valence electrons. The minimum atomic E-state index is -5.99. The molecule has 1 N–H and O–H groups in total. The second-order valence-electron chi connectivity index (χ2n) is 9.28. The van der Waals surface area contributed by atoms with Crippen molar-refractivity contribution < 1.29 is 86.0 Å². The van der Waals surface area contributed by atoms with Gasteiger partial charge in [0.05, 0.1) is 33.0 Å². The maximum absolute atomic E-state index is 12.6. The molecule has 2 saturated heterocycles. The lowest BCUT2D eigenvalue weighted by Gasteiger charge is -2.32. The van der Waals surface area contributed by atoms with Crippen molar-refractivity contribution in [2.45, 2.75) is 38.6 Å². The molecule has 0 aromatic heterocycles. The van der Waals surface area contributed by atoms with Crippen molar-refractivity contribution in [1.29, 1.82) is 0 Å². The number of hydrogen-bond donors (Lipinski definition) is 1. The molecule has 2 aliphatic heterocycles. The van der Waals surface area contributed by atoms with Gasteiger partial charge in [-0.3, -0.25) is 19.4 Å². The van der Waals surface area contributed by atoms with Crippen molar-refractivity contribution >= 4 is 12.0 Å². The van der Waals surface area contributed by atoms with Crippen LogP contribution < -0.4 is 0 Å². The highest BCUT2D eigenvalue weighted by molar-refractivity contribution is 5.78. The van der Waals surface area contributed by atoms with Gasteiger partial charge in [0.15, 0.2) is 0 Å². The monoisotopic (exact) mass is 666 g/mol. The Morgan fingerprint density at radius 3 is 1.23 bits per heavy atom. The molecule has 0 amide bonds. The van der Waals surface area contributed by atoms with Crippen LogP contribution in [0.5, 0.6) is 0 Å². The summed E-state index contributed by atoms with van der Waals surface area (Å²) in [5, 5.41) is 8.54. The van der Waals surface area contributed by atoms with Crippen LogP contribution in [-0.4, -0.2) is 131 Å². The third-order valence-electron chi connectivity index (χ3n) is 6.33. The number of β-amino-alcohol motifs (C(OH)–C–C–N with tert-alkyl or cyclic N) is 1. The van der Waals surface area contributed by atoms with Gasteiger partial charge < -0.3 is 19.3 Å². The van der Waals surface area contributed by atoms with Gasteiger partial charge in [0.1, 0.15) is 6.61 Å². The number of ether oxygens (including phenoxy) is 3. The number of esters is 1. The topological polar surface area (TPSA) is 88.5 Å². The zero-order chi connectivity index (χ0) is 33.9. The van der Waals surface area contributed by atoms with Crippen LogP contribution in [0.25, 0.3) is 0 Å². The van der Waals surface area contributed by atoms with E-state index in [1.165, 1.54) is 0 Å². The summed E-state index contributed by atoms with van der Waals surface area (Å²) in [6, 6.07) is -3.47. The second-order valence-corrected chi connectivity index (χ2v) is 9.28. The Bertz CT molecular complexity index is 820. The average Bonchev–Trinajstić information content (AvgIpc) is 2.87. The summed E-state index contributed by atoms with van der Waals surface area (Å²) in [5.74, 6) is -2.34. The minimum Gasteiger partial charge on any atom is -0.463 e. The van der Waals surface area contributed by atoms with E-state index < -0.39 is 61.1 Å². The van der Waals surface area contributed by atoms with Crippen LogP contribution in [0.1, 0.15) is 13.8 Å². The smallest absolute Gasteiger partial charge is 0.413 e. The fraction of sp³-hybridized carbons (Fsp3) is 0.909. The molecule has 8 nitrogen and oxygen atoms in total. The average molecular weight is 666 g/mol. The van der Waals surface area contributed by atoms with E-state index in [2.05, 4.69) is 9.64 Å². The van der Waals surface area contributed by atoms with Gasteiger partial charge in [-0.2, -0.15) is 57.1 Å². The number of carbonyl (C=O) groups excluding carboxylic acids is 2. The number of aliphatic hydroxyl groups is 1. The van der Waals surface area contributed by atoms with Crippen molar-refractivity contribution in [3.63, 3.8) is 0 Å². The van der Waals surface area contributed by atoms with E-state index in [4.69, 9.17) is 14.6 Å². The number of nitrogens with zero attached hydrogens (tertiary/aromatic N) is 2. The maximum atomic E-state index is 12.6. The molecule has 0 saturated carbocycles. The lowest BCUT2D eigenvalue weighted by Crippen LogP contribution is -2.54. The zero-order valence-electron chi connectivity index (χ0n) is 22.8. The molecule has 2 rings (SSSR count). The molecule has 0 unspecified atom stereocenters. The normalized spacial score (nSPS) is 18.1. The first-order valence-corrected chi connectivity index (χ1v) is 12.2. The lowest BCUT2D eigenvalue weighted by molar-refractivity contribution is -0.327. The first kappa shape index (κ1) is 41.0. The molecule has 0 aromatic carbocycles. The predicted octanol–water partition coefficient (Wildman–Crippen LogP) is 3.92.